The van der Waals surface area contributed by atoms with E-state index >= 15 is 0 Å². The third-order valence-corrected chi connectivity index (χ3v) is 11.5. The SMILES string of the molecule is c1ccc(-c2cccc(-c3ccc4c(c3)nc(-c3cccc(-c5cc(-c6ccc7oc8ccccc8c7c6)nc(-c6ccccc6)n5)c3)c3oc5ccccc5c34)c2)cc1. The minimum absolute atomic E-state index is 0.651. The predicted octanol–water partition coefficient (Wildman–Crippen LogP) is 14.8. The van der Waals surface area contributed by atoms with Crippen molar-refractivity contribution in [2.24, 2.45) is 0 Å². The topological polar surface area (TPSA) is 65.0 Å². The van der Waals surface area contributed by atoms with Gasteiger partial charge in [-0.1, -0.05) is 146 Å². The highest BCUT2D eigenvalue weighted by atomic mass is 16.3. The third kappa shape index (κ3) is 5.75. The van der Waals surface area contributed by atoms with Crippen molar-refractivity contribution in [3.05, 3.63) is 200 Å². The number of pyridine rings is 1. The van der Waals surface area contributed by atoms with Gasteiger partial charge in [0, 0.05) is 49.2 Å². The molecule has 5 heteroatoms. The van der Waals surface area contributed by atoms with E-state index in [9.17, 15) is 0 Å². The van der Waals surface area contributed by atoms with Crippen molar-refractivity contribution in [1.82, 2.24) is 15.0 Å². The minimum atomic E-state index is 0.651. The zero-order valence-electron chi connectivity index (χ0n) is 32.2. The molecule has 0 fully saturated rings. The van der Waals surface area contributed by atoms with E-state index in [0.717, 1.165) is 105 Å². The summed E-state index contributed by atoms with van der Waals surface area (Å²) < 4.78 is 12.9. The van der Waals surface area contributed by atoms with Crippen LogP contribution < -0.4 is 0 Å². The fraction of sp³-hybridized carbons (Fsp3) is 0. The van der Waals surface area contributed by atoms with Crippen molar-refractivity contribution in [2.45, 2.75) is 0 Å². The van der Waals surface area contributed by atoms with E-state index in [1.807, 2.05) is 60.7 Å². The van der Waals surface area contributed by atoms with E-state index in [2.05, 4.69) is 140 Å². The molecule has 4 heterocycles. The number of nitrogens with zero attached hydrogens (tertiary/aromatic N) is 3. The molecule has 4 aromatic heterocycles. The normalized spacial score (nSPS) is 11.7. The molecule has 8 aromatic carbocycles. The van der Waals surface area contributed by atoms with Gasteiger partial charge in [-0.15, -0.1) is 0 Å². The van der Waals surface area contributed by atoms with E-state index in [4.69, 9.17) is 23.8 Å². The Labute approximate surface area is 344 Å². The van der Waals surface area contributed by atoms with Crippen molar-refractivity contribution < 1.29 is 8.83 Å². The molecular weight excluding hydrogens is 735 g/mol. The first-order valence-electron chi connectivity index (χ1n) is 20.1. The number of aromatic nitrogens is 3. The first kappa shape index (κ1) is 33.9. The van der Waals surface area contributed by atoms with Crippen LogP contribution in [0.2, 0.25) is 0 Å². The van der Waals surface area contributed by atoms with Gasteiger partial charge in [0.05, 0.1) is 16.9 Å². The van der Waals surface area contributed by atoms with Crippen LogP contribution in [0, 0.1) is 0 Å². The Bertz CT molecular complexity index is 3610. The van der Waals surface area contributed by atoms with Gasteiger partial charge in [-0.05, 0) is 76.9 Å². The predicted molar refractivity (Wildman–Crippen MR) is 245 cm³/mol. The summed E-state index contributed by atoms with van der Waals surface area (Å²) in [5.74, 6) is 0.651. The van der Waals surface area contributed by atoms with Crippen LogP contribution in [0.4, 0.5) is 0 Å². The molecule has 0 aliphatic heterocycles. The minimum Gasteiger partial charge on any atom is -0.456 e. The molecule has 5 nitrogen and oxygen atoms in total. The van der Waals surface area contributed by atoms with Gasteiger partial charge in [-0.3, -0.25) is 0 Å². The van der Waals surface area contributed by atoms with E-state index < -0.39 is 0 Å². The molecule has 0 bridgehead atoms. The van der Waals surface area contributed by atoms with Crippen LogP contribution in [0.25, 0.3) is 122 Å². The van der Waals surface area contributed by atoms with Gasteiger partial charge in [0.15, 0.2) is 11.4 Å². The number of rotatable bonds is 6. The third-order valence-electron chi connectivity index (χ3n) is 11.5. The molecule has 12 rings (SSSR count). The molecule has 0 saturated carbocycles. The standard InChI is InChI=1S/C55H33N3O2/c1-3-13-34(14-4-1)36-17-11-18-37(29-36)38-25-27-43-48(32-38)56-53(54-52(43)44-22-8-10-24-50(44)60-54)41-20-12-19-39(30-41)46-33-47(58-55(57-46)35-15-5-2-6-16-35)40-26-28-51-45(31-40)42-21-7-9-23-49(42)59-51/h1-33H. The fourth-order valence-electron chi connectivity index (χ4n) is 8.54. The molecule has 0 aliphatic rings. The molecule has 0 radical (unpaired) electrons. The molecule has 0 saturated heterocycles. The number of benzene rings is 8. The lowest BCUT2D eigenvalue weighted by atomic mass is 9.96. The van der Waals surface area contributed by atoms with Crippen molar-refractivity contribution in [1.29, 1.82) is 0 Å². The lowest BCUT2D eigenvalue weighted by molar-refractivity contribution is 0.668. The molecule has 0 amide bonds. The Morgan fingerprint density at radius 2 is 0.850 bits per heavy atom. The summed E-state index contributed by atoms with van der Waals surface area (Å²) >= 11 is 0. The van der Waals surface area contributed by atoms with E-state index in [1.54, 1.807) is 0 Å². The highest BCUT2D eigenvalue weighted by Gasteiger charge is 2.20. The Morgan fingerprint density at radius 1 is 0.300 bits per heavy atom. The van der Waals surface area contributed by atoms with Gasteiger partial charge in [-0.2, -0.15) is 0 Å². The quantitative estimate of drug-likeness (QED) is 0.169. The van der Waals surface area contributed by atoms with Crippen molar-refractivity contribution in [3.63, 3.8) is 0 Å². The Balaban J connectivity index is 1.03. The number of furan rings is 2. The molecule has 280 valence electrons. The van der Waals surface area contributed by atoms with Gasteiger partial charge in [0.2, 0.25) is 0 Å². The van der Waals surface area contributed by atoms with E-state index in [0.29, 0.717) is 5.82 Å². The van der Waals surface area contributed by atoms with Crippen LogP contribution in [-0.2, 0) is 0 Å². The van der Waals surface area contributed by atoms with Gasteiger partial charge >= 0.3 is 0 Å². The molecule has 0 atom stereocenters. The molecule has 0 aliphatic carbocycles. The first-order chi connectivity index (χ1) is 29.7. The van der Waals surface area contributed by atoms with Gasteiger partial charge in [0.1, 0.15) is 22.4 Å². The van der Waals surface area contributed by atoms with Crippen LogP contribution in [0.1, 0.15) is 0 Å². The number of hydrogen-bond acceptors (Lipinski definition) is 5. The van der Waals surface area contributed by atoms with Crippen LogP contribution in [-0.4, -0.2) is 15.0 Å². The molecular formula is C55H33N3O2. The summed E-state index contributed by atoms with van der Waals surface area (Å²) in [7, 11) is 0. The van der Waals surface area contributed by atoms with Crippen molar-refractivity contribution >= 4 is 54.8 Å². The smallest absolute Gasteiger partial charge is 0.162 e. The van der Waals surface area contributed by atoms with Crippen molar-refractivity contribution in [3.8, 4) is 67.4 Å². The zero-order chi connectivity index (χ0) is 39.6. The van der Waals surface area contributed by atoms with Gasteiger partial charge < -0.3 is 8.83 Å². The monoisotopic (exact) mass is 767 g/mol. The van der Waals surface area contributed by atoms with E-state index in [1.165, 1.54) is 11.1 Å². The molecule has 60 heavy (non-hydrogen) atoms. The average molecular weight is 768 g/mol. The van der Waals surface area contributed by atoms with Crippen LogP contribution in [0.5, 0.6) is 0 Å². The number of fused-ring (bicyclic) bond motifs is 8. The Kier molecular flexibility index (Phi) is 7.78. The van der Waals surface area contributed by atoms with Crippen LogP contribution in [0.3, 0.4) is 0 Å². The largest absolute Gasteiger partial charge is 0.456 e. The van der Waals surface area contributed by atoms with Crippen molar-refractivity contribution in [2.75, 3.05) is 0 Å². The van der Waals surface area contributed by atoms with Gasteiger partial charge in [0.25, 0.3) is 0 Å². The van der Waals surface area contributed by atoms with Gasteiger partial charge in [-0.25, -0.2) is 15.0 Å². The molecule has 0 unspecified atom stereocenters. The molecule has 0 spiro atoms. The summed E-state index contributed by atoms with van der Waals surface area (Å²) in [4.78, 5) is 15.7. The van der Waals surface area contributed by atoms with Crippen LogP contribution >= 0.6 is 0 Å². The first-order valence-corrected chi connectivity index (χ1v) is 20.1. The fourth-order valence-corrected chi connectivity index (χ4v) is 8.54. The summed E-state index contributed by atoms with van der Waals surface area (Å²) in [5.41, 5.74) is 15.0. The lowest BCUT2D eigenvalue weighted by Gasteiger charge is -2.12. The average Bonchev–Trinajstić information content (AvgIpc) is 3.90. The number of hydrogen-bond donors (Lipinski definition) is 0. The summed E-state index contributed by atoms with van der Waals surface area (Å²) in [5, 5.41) is 5.29. The van der Waals surface area contributed by atoms with Crippen LogP contribution in [0.15, 0.2) is 209 Å². The van der Waals surface area contributed by atoms with E-state index in [-0.39, 0.29) is 0 Å². The maximum absolute atomic E-state index is 6.69. The molecule has 12 aromatic rings. The Hall–Kier alpha value is -8.15. The number of para-hydroxylation sites is 2. The lowest BCUT2D eigenvalue weighted by Crippen LogP contribution is -1.96. The maximum Gasteiger partial charge on any atom is 0.162 e. The molecule has 0 N–H and O–H groups in total. The second-order valence-corrected chi connectivity index (χ2v) is 15.2. The second-order valence-electron chi connectivity index (χ2n) is 15.2. The summed E-state index contributed by atoms with van der Waals surface area (Å²) in [6.07, 6.45) is 0. The second kappa shape index (κ2) is 13.8. The Morgan fingerprint density at radius 3 is 1.63 bits per heavy atom. The highest BCUT2D eigenvalue weighted by Crippen LogP contribution is 2.42. The maximum atomic E-state index is 6.69. The highest BCUT2D eigenvalue weighted by molar-refractivity contribution is 6.21. The summed E-state index contributed by atoms with van der Waals surface area (Å²) in [6.45, 7) is 0. The zero-order valence-corrected chi connectivity index (χ0v) is 32.2. The summed E-state index contributed by atoms with van der Waals surface area (Å²) in [6, 6.07) is 69.1.